The Kier molecular flexibility index (Phi) is 10.4. The molecule has 9 nitrogen and oxygen atoms in total. The standard InChI is InChI=1S/C34H33ClFN3O6S/c1-2-37-34(41)30(20-24-6-4-3-5-7-24)38(22-25-8-10-26(35)11-9-25)33(40)23-39(28-14-12-27(36)13-15-28)46(42,43)29-16-17-31-32(21-29)45-19-18-44-31/h3-17,21,30H,2,18-20,22-23H2,1H3,(H,37,41). The van der Waals surface area contributed by atoms with Crippen molar-refractivity contribution in [2.45, 2.75) is 30.8 Å². The zero-order chi connectivity index (χ0) is 32.7. The quantitative estimate of drug-likeness (QED) is 0.223. The lowest BCUT2D eigenvalue weighted by molar-refractivity contribution is -0.140. The van der Waals surface area contributed by atoms with Crippen LogP contribution < -0.4 is 19.1 Å². The van der Waals surface area contributed by atoms with Crippen LogP contribution in [-0.2, 0) is 32.6 Å². The second-order valence-electron chi connectivity index (χ2n) is 10.5. The first-order valence-corrected chi connectivity index (χ1v) is 16.5. The van der Waals surface area contributed by atoms with Crippen molar-refractivity contribution in [2.75, 3.05) is 30.6 Å². The molecule has 0 saturated heterocycles. The molecule has 0 fully saturated rings. The van der Waals surface area contributed by atoms with E-state index in [2.05, 4.69) is 5.32 Å². The van der Waals surface area contributed by atoms with Crippen molar-refractivity contribution >= 4 is 39.1 Å². The van der Waals surface area contributed by atoms with Gasteiger partial charge in [-0.05, 0) is 66.6 Å². The van der Waals surface area contributed by atoms with Gasteiger partial charge in [-0.3, -0.25) is 13.9 Å². The second-order valence-corrected chi connectivity index (χ2v) is 12.8. The van der Waals surface area contributed by atoms with Crippen LogP contribution in [0.1, 0.15) is 18.1 Å². The molecule has 2 amide bonds. The molecule has 1 aliphatic heterocycles. The number of halogens is 2. The van der Waals surface area contributed by atoms with Crippen LogP contribution in [0, 0.1) is 5.82 Å². The van der Waals surface area contributed by atoms with Gasteiger partial charge in [0.1, 0.15) is 31.6 Å². The van der Waals surface area contributed by atoms with Crippen LogP contribution in [0.15, 0.2) is 102 Å². The molecule has 1 heterocycles. The number of hydrogen-bond acceptors (Lipinski definition) is 6. The Morgan fingerprint density at radius 3 is 2.24 bits per heavy atom. The number of sulfonamides is 1. The average Bonchev–Trinajstić information content (AvgIpc) is 3.06. The molecule has 1 unspecified atom stereocenters. The second kappa shape index (κ2) is 14.7. The van der Waals surface area contributed by atoms with Gasteiger partial charge in [0, 0.05) is 30.6 Å². The Hall–Kier alpha value is -4.61. The first-order valence-electron chi connectivity index (χ1n) is 14.7. The molecule has 12 heteroatoms. The van der Waals surface area contributed by atoms with Crippen LogP contribution in [0.25, 0.3) is 0 Å². The van der Waals surface area contributed by atoms with Crippen molar-refractivity contribution in [3.63, 3.8) is 0 Å². The molecule has 1 aliphatic rings. The highest BCUT2D eigenvalue weighted by Gasteiger charge is 2.35. The summed E-state index contributed by atoms with van der Waals surface area (Å²) in [5.74, 6) is -0.963. The lowest BCUT2D eigenvalue weighted by Crippen LogP contribution is -2.53. The van der Waals surface area contributed by atoms with Gasteiger partial charge in [0.05, 0.1) is 10.6 Å². The number of nitrogens with one attached hydrogen (secondary N) is 1. The van der Waals surface area contributed by atoms with Crippen LogP contribution in [-0.4, -0.2) is 57.5 Å². The first-order chi connectivity index (χ1) is 22.2. The van der Waals surface area contributed by atoms with Crippen molar-refractivity contribution < 1.29 is 31.9 Å². The minimum absolute atomic E-state index is 0.00797. The molecule has 1 N–H and O–H groups in total. The number of benzene rings is 4. The third-order valence-electron chi connectivity index (χ3n) is 7.38. The smallest absolute Gasteiger partial charge is 0.264 e. The van der Waals surface area contributed by atoms with Gasteiger partial charge >= 0.3 is 0 Å². The predicted molar refractivity (Wildman–Crippen MR) is 173 cm³/mol. The normalized spacial score (nSPS) is 13.0. The minimum Gasteiger partial charge on any atom is -0.486 e. The van der Waals surface area contributed by atoms with E-state index in [-0.39, 0.29) is 35.9 Å². The molecule has 46 heavy (non-hydrogen) atoms. The van der Waals surface area contributed by atoms with Gasteiger partial charge in [0.2, 0.25) is 11.8 Å². The zero-order valence-electron chi connectivity index (χ0n) is 25.1. The zero-order valence-corrected chi connectivity index (χ0v) is 26.6. The molecule has 0 saturated carbocycles. The summed E-state index contributed by atoms with van der Waals surface area (Å²) in [5.41, 5.74) is 1.56. The monoisotopic (exact) mass is 665 g/mol. The van der Waals surface area contributed by atoms with E-state index in [1.165, 1.54) is 35.2 Å². The van der Waals surface area contributed by atoms with Gasteiger partial charge in [-0.15, -0.1) is 0 Å². The fourth-order valence-electron chi connectivity index (χ4n) is 5.08. The highest BCUT2D eigenvalue weighted by Crippen LogP contribution is 2.34. The number of carbonyl (C=O) groups is 2. The van der Waals surface area contributed by atoms with E-state index in [0.717, 1.165) is 22.0 Å². The van der Waals surface area contributed by atoms with Gasteiger partial charge in [0.15, 0.2) is 11.5 Å². The maximum atomic E-state index is 14.4. The summed E-state index contributed by atoms with van der Waals surface area (Å²) in [6.45, 7) is 1.99. The molecule has 0 bridgehead atoms. The molecular formula is C34H33ClFN3O6S. The number of carbonyl (C=O) groups excluding carboxylic acids is 2. The fourth-order valence-corrected chi connectivity index (χ4v) is 6.64. The van der Waals surface area contributed by atoms with Crippen molar-refractivity contribution in [3.05, 3.63) is 119 Å². The molecule has 1 atom stereocenters. The minimum atomic E-state index is -4.41. The maximum Gasteiger partial charge on any atom is 0.264 e. The third kappa shape index (κ3) is 7.78. The Morgan fingerprint density at radius 2 is 1.57 bits per heavy atom. The van der Waals surface area contributed by atoms with E-state index in [4.69, 9.17) is 21.1 Å². The molecule has 5 rings (SSSR count). The van der Waals surface area contributed by atoms with E-state index in [1.54, 1.807) is 31.2 Å². The van der Waals surface area contributed by atoms with Gasteiger partial charge < -0.3 is 19.7 Å². The fraction of sp³-hybridized carbons (Fsp3) is 0.235. The molecular weight excluding hydrogens is 633 g/mol. The summed E-state index contributed by atoms with van der Waals surface area (Å²) in [4.78, 5) is 29.2. The van der Waals surface area contributed by atoms with E-state index in [0.29, 0.717) is 29.5 Å². The summed E-state index contributed by atoms with van der Waals surface area (Å²) < 4.78 is 54.5. The van der Waals surface area contributed by atoms with Crippen LogP contribution in [0.2, 0.25) is 5.02 Å². The average molecular weight is 666 g/mol. The molecule has 0 aliphatic carbocycles. The molecule has 0 radical (unpaired) electrons. The number of amides is 2. The van der Waals surface area contributed by atoms with E-state index < -0.39 is 40.2 Å². The number of fused-ring (bicyclic) bond motifs is 1. The van der Waals surface area contributed by atoms with Crippen molar-refractivity contribution in [1.29, 1.82) is 0 Å². The predicted octanol–water partition coefficient (Wildman–Crippen LogP) is 5.22. The summed E-state index contributed by atoms with van der Waals surface area (Å²) in [7, 11) is -4.41. The maximum absolute atomic E-state index is 14.4. The molecule has 0 aromatic heterocycles. The van der Waals surface area contributed by atoms with Crippen molar-refractivity contribution in [2.24, 2.45) is 0 Å². The number of likely N-dealkylation sites (N-methyl/N-ethyl adjacent to an activating group) is 1. The Bertz CT molecular complexity index is 1770. The number of rotatable bonds is 12. The van der Waals surface area contributed by atoms with Crippen molar-refractivity contribution in [1.82, 2.24) is 10.2 Å². The molecule has 240 valence electrons. The summed E-state index contributed by atoms with van der Waals surface area (Å²) in [6.07, 6.45) is 0.178. The van der Waals surface area contributed by atoms with Gasteiger partial charge in [-0.1, -0.05) is 54.1 Å². The number of ether oxygens (including phenoxy) is 2. The van der Waals surface area contributed by atoms with Crippen LogP contribution >= 0.6 is 11.6 Å². The summed E-state index contributed by atoms with van der Waals surface area (Å²) in [5, 5.41) is 3.32. The third-order valence-corrected chi connectivity index (χ3v) is 9.41. The van der Waals surface area contributed by atoms with Gasteiger partial charge in [-0.25, -0.2) is 12.8 Å². The largest absolute Gasteiger partial charge is 0.486 e. The van der Waals surface area contributed by atoms with E-state index in [1.807, 2.05) is 30.3 Å². The number of nitrogens with zero attached hydrogens (tertiary/aromatic N) is 2. The number of hydrogen-bond donors (Lipinski definition) is 1. The molecule has 4 aromatic rings. The summed E-state index contributed by atoms with van der Waals surface area (Å²) in [6, 6.07) is 24.1. The highest BCUT2D eigenvalue weighted by molar-refractivity contribution is 7.92. The SMILES string of the molecule is CCNC(=O)C(Cc1ccccc1)N(Cc1ccc(Cl)cc1)C(=O)CN(c1ccc(F)cc1)S(=O)(=O)c1ccc2c(c1)OCCO2. The van der Waals surface area contributed by atoms with Crippen LogP contribution in [0.4, 0.5) is 10.1 Å². The van der Waals surface area contributed by atoms with E-state index >= 15 is 0 Å². The Morgan fingerprint density at radius 1 is 0.891 bits per heavy atom. The van der Waals surface area contributed by atoms with Gasteiger partial charge in [-0.2, -0.15) is 0 Å². The Balaban J connectivity index is 1.56. The van der Waals surface area contributed by atoms with E-state index in [9.17, 15) is 22.4 Å². The lowest BCUT2D eigenvalue weighted by atomic mass is 10.0. The van der Waals surface area contributed by atoms with Gasteiger partial charge in [0.25, 0.3) is 10.0 Å². The van der Waals surface area contributed by atoms with Crippen molar-refractivity contribution in [3.8, 4) is 11.5 Å². The molecule has 4 aromatic carbocycles. The van der Waals surface area contributed by atoms with Crippen LogP contribution in [0.3, 0.4) is 0 Å². The lowest BCUT2D eigenvalue weighted by Gasteiger charge is -2.34. The summed E-state index contributed by atoms with van der Waals surface area (Å²) >= 11 is 6.11. The highest BCUT2D eigenvalue weighted by atomic mass is 35.5. The molecule has 0 spiro atoms. The topological polar surface area (TPSA) is 105 Å². The number of anilines is 1. The Labute approximate surface area is 272 Å². The van der Waals surface area contributed by atoms with Crippen LogP contribution in [0.5, 0.6) is 11.5 Å². The first kappa shape index (κ1) is 32.8.